The predicted octanol–water partition coefficient (Wildman–Crippen LogP) is -0.262. The summed E-state index contributed by atoms with van der Waals surface area (Å²) in [5.74, 6) is 1.38. The standard InChI is InChI=1S/C10H18N8/c1-10(2,3)12-5-8-11-7-18(15-8)6-9-13-16-17(4)14-9/h7,12H,5-6H2,1-4H3. The first-order valence-corrected chi connectivity index (χ1v) is 5.78. The van der Waals surface area contributed by atoms with Crippen molar-refractivity contribution in [3.63, 3.8) is 0 Å². The van der Waals surface area contributed by atoms with Gasteiger partial charge in [0.1, 0.15) is 12.9 Å². The minimum absolute atomic E-state index is 0.0535. The average molecular weight is 250 g/mol. The summed E-state index contributed by atoms with van der Waals surface area (Å²) in [5.41, 5.74) is 0.0535. The molecule has 18 heavy (non-hydrogen) atoms. The lowest BCUT2D eigenvalue weighted by molar-refractivity contribution is 0.416. The van der Waals surface area contributed by atoms with Gasteiger partial charge in [0.25, 0.3) is 0 Å². The van der Waals surface area contributed by atoms with E-state index >= 15 is 0 Å². The first kappa shape index (κ1) is 12.6. The molecular weight excluding hydrogens is 232 g/mol. The molecule has 0 atom stereocenters. The van der Waals surface area contributed by atoms with Crippen molar-refractivity contribution in [3.8, 4) is 0 Å². The van der Waals surface area contributed by atoms with Gasteiger partial charge in [-0.3, -0.25) is 0 Å². The van der Waals surface area contributed by atoms with E-state index in [-0.39, 0.29) is 5.54 Å². The molecule has 0 radical (unpaired) electrons. The van der Waals surface area contributed by atoms with Gasteiger partial charge < -0.3 is 5.32 Å². The van der Waals surface area contributed by atoms with E-state index in [1.807, 2.05) is 0 Å². The smallest absolute Gasteiger partial charge is 0.196 e. The third kappa shape index (κ3) is 3.59. The maximum Gasteiger partial charge on any atom is 0.196 e. The van der Waals surface area contributed by atoms with E-state index < -0.39 is 0 Å². The highest BCUT2D eigenvalue weighted by molar-refractivity contribution is 4.86. The highest BCUT2D eigenvalue weighted by atomic mass is 15.6. The summed E-state index contributed by atoms with van der Waals surface area (Å²) in [6, 6.07) is 0. The van der Waals surface area contributed by atoms with E-state index in [4.69, 9.17) is 0 Å². The molecule has 0 aliphatic heterocycles. The molecule has 0 spiro atoms. The molecule has 0 saturated carbocycles. The Morgan fingerprint density at radius 1 is 1.22 bits per heavy atom. The maximum absolute atomic E-state index is 4.34. The normalized spacial score (nSPS) is 12.0. The van der Waals surface area contributed by atoms with Crippen LogP contribution in [0.3, 0.4) is 0 Å². The van der Waals surface area contributed by atoms with Crippen molar-refractivity contribution in [3.05, 3.63) is 18.0 Å². The van der Waals surface area contributed by atoms with Crippen LogP contribution < -0.4 is 5.32 Å². The number of nitrogens with one attached hydrogen (secondary N) is 1. The minimum Gasteiger partial charge on any atom is -0.305 e. The number of hydrogen-bond donors (Lipinski definition) is 1. The van der Waals surface area contributed by atoms with Gasteiger partial charge in [-0.25, -0.2) is 9.67 Å². The van der Waals surface area contributed by atoms with Crippen LogP contribution in [0.15, 0.2) is 6.33 Å². The Hall–Kier alpha value is -1.83. The Balaban J connectivity index is 1.94. The third-order valence-corrected chi connectivity index (χ3v) is 2.21. The van der Waals surface area contributed by atoms with Crippen molar-refractivity contribution in [2.45, 2.75) is 39.4 Å². The van der Waals surface area contributed by atoms with Gasteiger partial charge in [-0.2, -0.15) is 9.90 Å². The lowest BCUT2D eigenvalue weighted by Crippen LogP contribution is -2.35. The summed E-state index contributed by atoms with van der Waals surface area (Å²) in [6.45, 7) is 7.44. The highest BCUT2D eigenvalue weighted by Crippen LogP contribution is 2.01. The summed E-state index contributed by atoms with van der Waals surface area (Å²) < 4.78 is 1.71. The van der Waals surface area contributed by atoms with E-state index in [1.165, 1.54) is 4.80 Å². The highest BCUT2D eigenvalue weighted by Gasteiger charge is 2.11. The molecule has 1 N–H and O–H groups in total. The average Bonchev–Trinajstić information content (AvgIpc) is 2.85. The summed E-state index contributed by atoms with van der Waals surface area (Å²) >= 11 is 0. The summed E-state index contributed by atoms with van der Waals surface area (Å²) in [6.07, 6.45) is 1.68. The molecule has 8 nitrogen and oxygen atoms in total. The van der Waals surface area contributed by atoms with Gasteiger partial charge in [0, 0.05) is 5.54 Å². The van der Waals surface area contributed by atoms with Crippen LogP contribution in [0.1, 0.15) is 32.4 Å². The lowest BCUT2D eigenvalue weighted by Gasteiger charge is -2.18. The fourth-order valence-electron chi connectivity index (χ4n) is 1.37. The van der Waals surface area contributed by atoms with E-state index in [0.717, 1.165) is 5.82 Å². The maximum atomic E-state index is 4.34. The zero-order valence-electron chi connectivity index (χ0n) is 11.1. The van der Waals surface area contributed by atoms with Gasteiger partial charge in [0.15, 0.2) is 11.6 Å². The van der Waals surface area contributed by atoms with Gasteiger partial charge in [-0.1, -0.05) is 0 Å². The van der Waals surface area contributed by atoms with Crippen LogP contribution in [0.5, 0.6) is 0 Å². The van der Waals surface area contributed by atoms with Crippen LogP contribution in [0.4, 0.5) is 0 Å². The molecule has 2 aromatic heterocycles. The molecule has 0 unspecified atom stereocenters. The van der Waals surface area contributed by atoms with Crippen molar-refractivity contribution in [1.29, 1.82) is 0 Å². The van der Waals surface area contributed by atoms with Crippen LogP contribution in [-0.2, 0) is 20.1 Å². The molecule has 0 aromatic carbocycles. The molecule has 2 rings (SSSR count). The van der Waals surface area contributed by atoms with Crippen LogP contribution in [0.2, 0.25) is 0 Å². The monoisotopic (exact) mass is 250 g/mol. The second-order valence-corrected chi connectivity index (χ2v) is 5.16. The Morgan fingerprint density at radius 3 is 2.61 bits per heavy atom. The fraction of sp³-hybridized carbons (Fsp3) is 0.700. The summed E-state index contributed by atoms with van der Waals surface area (Å²) in [5, 5.41) is 19.4. The molecule has 2 heterocycles. The van der Waals surface area contributed by atoms with Gasteiger partial charge >= 0.3 is 0 Å². The molecule has 0 saturated heterocycles. The van der Waals surface area contributed by atoms with Crippen molar-refractivity contribution in [2.75, 3.05) is 0 Å². The first-order valence-electron chi connectivity index (χ1n) is 5.78. The number of hydrogen-bond acceptors (Lipinski definition) is 6. The molecule has 0 aliphatic rings. The van der Waals surface area contributed by atoms with Crippen molar-refractivity contribution >= 4 is 0 Å². The van der Waals surface area contributed by atoms with E-state index in [0.29, 0.717) is 18.9 Å². The van der Waals surface area contributed by atoms with Gasteiger partial charge in [0.2, 0.25) is 0 Å². The number of tetrazole rings is 1. The second-order valence-electron chi connectivity index (χ2n) is 5.16. The Morgan fingerprint density at radius 2 is 2.00 bits per heavy atom. The van der Waals surface area contributed by atoms with Crippen LogP contribution in [0, 0.1) is 0 Å². The van der Waals surface area contributed by atoms with Crippen molar-refractivity contribution in [2.24, 2.45) is 7.05 Å². The predicted molar refractivity (Wildman–Crippen MR) is 64.5 cm³/mol. The van der Waals surface area contributed by atoms with Crippen LogP contribution in [0.25, 0.3) is 0 Å². The molecule has 0 amide bonds. The van der Waals surface area contributed by atoms with Crippen molar-refractivity contribution < 1.29 is 0 Å². The number of nitrogens with zero attached hydrogens (tertiary/aromatic N) is 7. The van der Waals surface area contributed by atoms with Crippen LogP contribution >= 0.6 is 0 Å². The number of aryl methyl sites for hydroxylation is 1. The quantitative estimate of drug-likeness (QED) is 0.804. The summed E-state index contributed by atoms with van der Waals surface area (Å²) in [4.78, 5) is 5.65. The molecule has 98 valence electrons. The zero-order valence-corrected chi connectivity index (χ0v) is 11.1. The number of rotatable bonds is 4. The molecule has 0 fully saturated rings. The van der Waals surface area contributed by atoms with E-state index in [9.17, 15) is 0 Å². The van der Waals surface area contributed by atoms with Gasteiger partial charge in [0.05, 0.1) is 13.6 Å². The van der Waals surface area contributed by atoms with Gasteiger partial charge in [-0.05, 0) is 26.0 Å². The SMILES string of the molecule is Cn1nnc(Cn2cnc(CNC(C)(C)C)n2)n1. The van der Waals surface area contributed by atoms with Crippen LogP contribution in [-0.4, -0.2) is 40.5 Å². The fourth-order valence-corrected chi connectivity index (χ4v) is 1.37. The molecule has 2 aromatic rings. The molecular formula is C10H18N8. The third-order valence-electron chi connectivity index (χ3n) is 2.21. The Kier molecular flexibility index (Phi) is 3.37. The topological polar surface area (TPSA) is 86.3 Å². The Labute approximate surface area is 105 Å². The van der Waals surface area contributed by atoms with E-state index in [2.05, 4.69) is 51.6 Å². The van der Waals surface area contributed by atoms with E-state index in [1.54, 1.807) is 18.1 Å². The molecule has 8 heteroatoms. The molecule has 0 aliphatic carbocycles. The number of aromatic nitrogens is 7. The Bertz CT molecular complexity index is 506. The van der Waals surface area contributed by atoms with Gasteiger partial charge in [-0.15, -0.1) is 10.2 Å². The second kappa shape index (κ2) is 4.81. The zero-order chi connectivity index (χ0) is 13.2. The first-order chi connectivity index (χ1) is 8.42. The summed E-state index contributed by atoms with van der Waals surface area (Å²) in [7, 11) is 1.73. The lowest BCUT2D eigenvalue weighted by atomic mass is 10.1. The largest absolute Gasteiger partial charge is 0.305 e. The minimum atomic E-state index is 0.0535. The van der Waals surface area contributed by atoms with Crippen molar-refractivity contribution in [1.82, 2.24) is 40.3 Å². The molecule has 0 bridgehead atoms.